The zero-order valence-corrected chi connectivity index (χ0v) is 14.8. The van der Waals surface area contributed by atoms with Crippen molar-refractivity contribution >= 4 is 16.7 Å². The van der Waals surface area contributed by atoms with Crippen molar-refractivity contribution in [3.63, 3.8) is 0 Å². The van der Waals surface area contributed by atoms with Gasteiger partial charge in [-0.3, -0.25) is 0 Å². The lowest BCUT2D eigenvalue weighted by Crippen LogP contribution is -2.64. The number of hydrogen-bond acceptors (Lipinski definition) is 7. The third-order valence-corrected chi connectivity index (χ3v) is 4.57. The van der Waals surface area contributed by atoms with Crippen LogP contribution in [0, 0.1) is 11.3 Å². The monoisotopic (exact) mass is 405 g/mol. The summed E-state index contributed by atoms with van der Waals surface area (Å²) in [6.45, 7) is -0.0152. The van der Waals surface area contributed by atoms with Gasteiger partial charge in [-0.15, -0.1) is 13.2 Å². The number of ether oxygens (including phenoxy) is 1. The lowest BCUT2D eigenvalue weighted by molar-refractivity contribution is -0.274. The number of aliphatic hydroxyl groups excluding tert-OH is 1. The van der Waals surface area contributed by atoms with Crippen molar-refractivity contribution in [3.05, 3.63) is 42.2 Å². The molecule has 0 unspecified atom stereocenters. The van der Waals surface area contributed by atoms with Gasteiger partial charge in [-0.1, -0.05) is 0 Å². The number of benzene rings is 1. The van der Waals surface area contributed by atoms with Gasteiger partial charge in [-0.2, -0.15) is 10.4 Å². The van der Waals surface area contributed by atoms with Crippen molar-refractivity contribution in [1.82, 2.24) is 14.8 Å². The van der Waals surface area contributed by atoms with Crippen LogP contribution in [0.1, 0.15) is 5.69 Å². The smallest absolute Gasteiger partial charge is 0.406 e. The third-order valence-electron chi connectivity index (χ3n) is 4.57. The van der Waals surface area contributed by atoms with Gasteiger partial charge in [0.05, 0.1) is 36.5 Å². The molecule has 3 aromatic rings. The Kier molecular flexibility index (Phi) is 4.33. The van der Waals surface area contributed by atoms with E-state index < -0.39 is 12.0 Å². The second kappa shape index (κ2) is 6.61. The van der Waals surface area contributed by atoms with E-state index in [9.17, 15) is 28.6 Å². The van der Waals surface area contributed by atoms with Gasteiger partial charge < -0.3 is 19.8 Å². The molecule has 2 aromatic heterocycles. The highest BCUT2D eigenvalue weighted by Gasteiger charge is 2.41. The van der Waals surface area contributed by atoms with Crippen molar-refractivity contribution in [1.29, 1.82) is 5.26 Å². The van der Waals surface area contributed by atoms with E-state index in [1.54, 1.807) is 11.0 Å². The fourth-order valence-electron chi connectivity index (χ4n) is 3.27. The topological polar surface area (TPSA) is 107 Å². The minimum Gasteiger partial charge on any atom is -0.406 e. The quantitative estimate of drug-likeness (QED) is 0.681. The molecule has 4 rings (SSSR count). The Hall–Kier alpha value is -3.36. The van der Waals surface area contributed by atoms with Crippen molar-refractivity contribution in [2.45, 2.75) is 12.0 Å². The molecular formula is C18H14F3N5O3. The molecule has 1 aliphatic heterocycles. The summed E-state index contributed by atoms with van der Waals surface area (Å²) in [5.74, 6) is -0.379. The van der Waals surface area contributed by atoms with Crippen LogP contribution in [0.25, 0.3) is 16.7 Å². The van der Waals surface area contributed by atoms with Gasteiger partial charge in [0.2, 0.25) is 0 Å². The number of β-amino-alcohol motifs (C(OH)–C–C–N with tert-alkyl or cyclic N) is 1. The Morgan fingerprint density at radius 1 is 1.21 bits per heavy atom. The molecule has 3 heterocycles. The number of pyridine rings is 1. The minimum absolute atomic E-state index is 0.0816. The largest absolute Gasteiger partial charge is 0.573 e. The molecule has 11 heteroatoms. The van der Waals surface area contributed by atoms with Gasteiger partial charge in [0, 0.05) is 6.20 Å². The van der Waals surface area contributed by atoms with Crippen LogP contribution in [0.15, 0.2) is 36.5 Å². The number of aromatic nitrogens is 3. The highest BCUT2D eigenvalue weighted by atomic mass is 19.4. The Bertz CT molecular complexity index is 1100. The predicted octanol–water partition coefficient (Wildman–Crippen LogP) is 1.73. The van der Waals surface area contributed by atoms with Crippen LogP contribution in [0.3, 0.4) is 0 Å². The Labute approximate surface area is 162 Å². The molecular weight excluding hydrogens is 391 g/mol. The van der Waals surface area contributed by atoms with Gasteiger partial charge in [-0.05, 0) is 30.3 Å². The lowest BCUT2D eigenvalue weighted by atomic mass is 9.94. The first-order chi connectivity index (χ1) is 13.7. The molecule has 0 bridgehead atoms. The Balaban J connectivity index is 1.74. The zero-order chi connectivity index (χ0) is 20.8. The van der Waals surface area contributed by atoms with E-state index in [0.29, 0.717) is 22.4 Å². The molecule has 1 saturated heterocycles. The number of halogens is 3. The van der Waals surface area contributed by atoms with E-state index in [0.717, 1.165) is 12.1 Å². The molecule has 8 nitrogen and oxygen atoms in total. The minimum atomic E-state index is -4.79. The summed E-state index contributed by atoms with van der Waals surface area (Å²) in [6.07, 6.45) is -3.29. The number of rotatable bonds is 4. The number of hydrogen-bond donors (Lipinski definition) is 2. The summed E-state index contributed by atoms with van der Waals surface area (Å²) < 4.78 is 42.2. The average Bonchev–Trinajstić information content (AvgIpc) is 3.04. The number of anilines is 1. The highest BCUT2D eigenvalue weighted by molar-refractivity contribution is 5.95. The second-order valence-corrected chi connectivity index (χ2v) is 6.68. The second-order valence-electron chi connectivity index (χ2n) is 6.68. The number of aliphatic hydroxyl groups is 2. The van der Waals surface area contributed by atoms with Crippen molar-refractivity contribution in [2.24, 2.45) is 0 Å². The summed E-state index contributed by atoms with van der Waals surface area (Å²) in [4.78, 5) is 6.05. The first-order valence-electron chi connectivity index (χ1n) is 8.45. The molecule has 29 heavy (non-hydrogen) atoms. The first kappa shape index (κ1) is 19.0. The third kappa shape index (κ3) is 3.43. The van der Waals surface area contributed by atoms with E-state index >= 15 is 0 Å². The molecule has 1 fully saturated rings. The predicted molar refractivity (Wildman–Crippen MR) is 94.5 cm³/mol. The fourth-order valence-corrected chi connectivity index (χ4v) is 3.27. The Morgan fingerprint density at radius 2 is 1.90 bits per heavy atom. The molecule has 0 radical (unpaired) electrons. The zero-order valence-electron chi connectivity index (χ0n) is 14.8. The van der Waals surface area contributed by atoms with Crippen LogP contribution < -0.4 is 9.64 Å². The van der Waals surface area contributed by atoms with Crippen LogP contribution in [0.4, 0.5) is 18.9 Å². The standard InChI is InChI=1S/C18H14F3N5O3/c19-18(20,21)29-12-3-1-11(2-4-12)26-16-15(13(7-22)24-26)14(5-6-23-16)25-8-17(28,9-25)10-27/h1-6,27-28H,8-10H2. The Morgan fingerprint density at radius 3 is 2.48 bits per heavy atom. The van der Waals surface area contributed by atoms with Crippen molar-refractivity contribution in [3.8, 4) is 17.5 Å². The highest BCUT2D eigenvalue weighted by Crippen LogP contribution is 2.35. The van der Waals surface area contributed by atoms with E-state index in [1.807, 2.05) is 6.07 Å². The van der Waals surface area contributed by atoms with E-state index in [-0.39, 0.29) is 31.1 Å². The van der Waals surface area contributed by atoms with E-state index in [4.69, 9.17) is 0 Å². The summed E-state index contributed by atoms with van der Waals surface area (Å²) >= 11 is 0. The van der Waals surface area contributed by atoms with Crippen molar-refractivity contribution in [2.75, 3.05) is 24.6 Å². The maximum Gasteiger partial charge on any atom is 0.573 e. The maximum absolute atomic E-state index is 12.3. The van der Waals surface area contributed by atoms with E-state index in [1.165, 1.54) is 23.0 Å². The molecule has 1 aliphatic rings. The first-order valence-corrected chi connectivity index (χ1v) is 8.45. The SMILES string of the molecule is N#Cc1nn(-c2ccc(OC(F)(F)F)cc2)c2nccc(N3CC(O)(CO)C3)c12. The van der Waals surface area contributed by atoms with Gasteiger partial charge >= 0.3 is 6.36 Å². The summed E-state index contributed by atoms with van der Waals surface area (Å²) in [5.41, 5.74) is 0.229. The maximum atomic E-state index is 12.3. The van der Waals surface area contributed by atoms with Gasteiger partial charge in [0.1, 0.15) is 17.4 Å². The molecule has 0 amide bonds. The van der Waals surface area contributed by atoms with Crippen LogP contribution in [0.2, 0.25) is 0 Å². The van der Waals surface area contributed by atoms with Crippen LogP contribution in [-0.4, -0.2) is 56.6 Å². The number of alkyl halides is 3. The number of fused-ring (bicyclic) bond motifs is 1. The van der Waals surface area contributed by atoms with Crippen LogP contribution in [0.5, 0.6) is 5.75 Å². The fraction of sp³-hybridized carbons (Fsp3) is 0.278. The number of nitriles is 1. The van der Waals surface area contributed by atoms with E-state index in [2.05, 4.69) is 14.8 Å². The summed E-state index contributed by atoms with van der Waals surface area (Å²) in [6, 6.07) is 8.70. The number of nitrogens with zero attached hydrogens (tertiary/aromatic N) is 5. The molecule has 0 saturated carbocycles. The molecule has 2 N–H and O–H groups in total. The van der Waals surface area contributed by atoms with Crippen LogP contribution >= 0.6 is 0 Å². The molecule has 0 atom stereocenters. The molecule has 150 valence electrons. The normalized spacial score (nSPS) is 15.8. The average molecular weight is 405 g/mol. The lowest BCUT2D eigenvalue weighted by Gasteiger charge is -2.46. The molecule has 0 spiro atoms. The summed E-state index contributed by atoms with van der Waals surface area (Å²) in [5, 5.41) is 33.5. The van der Waals surface area contributed by atoms with Gasteiger partial charge in [0.15, 0.2) is 11.3 Å². The molecule has 0 aliphatic carbocycles. The van der Waals surface area contributed by atoms with Gasteiger partial charge in [0.25, 0.3) is 0 Å². The van der Waals surface area contributed by atoms with Gasteiger partial charge in [-0.25, -0.2) is 9.67 Å². The van der Waals surface area contributed by atoms with Crippen LogP contribution in [-0.2, 0) is 0 Å². The molecule has 1 aromatic carbocycles. The summed E-state index contributed by atoms with van der Waals surface area (Å²) in [7, 11) is 0. The van der Waals surface area contributed by atoms with Crippen molar-refractivity contribution < 1.29 is 28.1 Å².